The summed E-state index contributed by atoms with van der Waals surface area (Å²) in [6.45, 7) is 4.37. The van der Waals surface area contributed by atoms with Crippen LogP contribution in [0.25, 0.3) is 0 Å². The monoisotopic (exact) mass is 793 g/mol. The molecule has 0 fully saturated rings. The standard InChI is InChI=1S/C49H77NO7/c1-6-8-10-12-14-16-18-19-20-21-22-23-24-25-26-27-28-30-31-33-35-37-39-47(51)56-44-45(43-55-42-41-46(49(53)54)50(3,4)5)57-48(52)40-38-36-34-32-29-17-15-13-11-9-7-2/h8-11,14-17,19-20,22-23,25-26,28,30,32,34,45-46H,6-7,12-13,18,21,24,27,29,31,33,35-44H2,1-5H3/p+1/b10-8+,11-9+,16-14+,17-15+,20-19+,23-22+,26-25+,30-28+,34-32+. The summed E-state index contributed by atoms with van der Waals surface area (Å²) in [5.41, 5.74) is 0. The number of carbonyl (C=O) groups excluding carboxylic acids is 2. The molecule has 2 atom stereocenters. The zero-order valence-corrected chi connectivity index (χ0v) is 36.2. The van der Waals surface area contributed by atoms with E-state index in [-0.39, 0.29) is 42.7 Å². The van der Waals surface area contributed by atoms with Gasteiger partial charge in [0, 0.05) is 19.3 Å². The minimum Gasteiger partial charge on any atom is -0.477 e. The molecular formula is C49H78NO7+. The average Bonchev–Trinajstić information content (AvgIpc) is 3.17. The summed E-state index contributed by atoms with van der Waals surface area (Å²) in [4.78, 5) is 36.9. The molecule has 0 aliphatic rings. The molecule has 0 heterocycles. The highest BCUT2D eigenvalue weighted by atomic mass is 16.6. The molecule has 0 spiro atoms. The molecule has 0 rings (SSSR count). The van der Waals surface area contributed by atoms with Crippen LogP contribution < -0.4 is 0 Å². The Balaban J connectivity index is 4.44. The molecule has 2 unspecified atom stereocenters. The Hall–Kier alpha value is -4.01. The number of carboxylic acids is 1. The number of hydrogen-bond acceptors (Lipinski definition) is 6. The molecule has 320 valence electrons. The second-order valence-corrected chi connectivity index (χ2v) is 14.8. The predicted molar refractivity (Wildman–Crippen MR) is 238 cm³/mol. The first-order valence-electron chi connectivity index (χ1n) is 21.4. The summed E-state index contributed by atoms with van der Waals surface area (Å²) in [6, 6.07) is -0.635. The summed E-state index contributed by atoms with van der Waals surface area (Å²) in [5.74, 6) is -1.60. The number of esters is 2. The number of allylic oxidation sites excluding steroid dienone is 18. The zero-order valence-electron chi connectivity index (χ0n) is 36.2. The van der Waals surface area contributed by atoms with Crippen LogP contribution in [-0.4, -0.2) is 80.6 Å². The number of unbranched alkanes of at least 4 members (excludes halogenated alkanes) is 4. The van der Waals surface area contributed by atoms with Gasteiger partial charge in [0.15, 0.2) is 12.1 Å². The van der Waals surface area contributed by atoms with E-state index in [1.807, 2.05) is 21.1 Å². The Morgan fingerprint density at radius 3 is 1.39 bits per heavy atom. The van der Waals surface area contributed by atoms with Crippen molar-refractivity contribution in [3.05, 3.63) is 109 Å². The van der Waals surface area contributed by atoms with Crippen LogP contribution in [0.3, 0.4) is 0 Å². The predicted octanol–water partition coefficient (Wildman–Crippen LogP) is 11.7. The number of quaternary nitrogens is 1. The van der Waals surface area contributed by atoms with Gasteiger partial charge in [0.1, 0.15) is 6.61 Å². The van der Waals surface area contributed by atoms with Crippen molar-refractivity contribution in [3.8, 4) is 0 Å². The molecule has 1 N–H and O–H groups in total. The van der Waals surface area contributed by atoms with Gasteiger partial charge < -0.3 is 23.8 Å². The van der Waals surface area contributed by atoms with E-state index in [2.05, 4.69) is 123 Å². The van der Waals surface area contributed by atoms with E-state index in [0.717, 1.165) is 89.9 Å². The van der Waals surface area contributed by atoms with Gasteiger partial charge in [-0.15, -0.1) is 0 Å². The van der Waals surface area contributed by atoms with Crippen molar-refractivity contribution in [1.29, 1.82) is 0 Å². The van der Waals surface area contributed by atoms with Gasteiger partial charge in [-0.1, -0.05) is 130 Å². The lowest BCUT2D eigenvalue weighted by molar-refractivity contribution is -0.887. The van der Waals surface area contributed by atoms with E-state index in [9.17, 15) is 19.5 Å². The molecule has 0 radical (unpaired) electrons. The maximum absolute atomic E-state index is 12.6. The third kappa shape index (κ3) is 37.3. The molecule has 57 heavy (non-hydrogen) atoms. The second-order valence-electron chi connectivity index (χ2n) is 14.8. The van der Waals surface area contributed by atoms with Crippen molar-refractivity contribution in [2.75, 3.05) is 41.0 Å². The van der Waals surface area contributed by atoms with E-state index in [0.29, 0.717) is 19.3 Å². The first-order valence-corrected chi connectivity index (χ1v) is 21.4. The minimum absolute atomic E-state index is 0.0220. The fraction of sp³-hybridized carbons (Fsp3) is 0.571. The number of hydrogen-bond donors (Lipinski definition) is 1. The van der Waals surface area contributed by atoms with Crippen LogP contribution >= 0.6 is 0 Å². The molecule has 0 aromatic heterocycles. The summed E-state index contributed by atoms with van der Waals surface area (Å²) in [6.07, 6.45) is 53.0. The summed E-state index contributed by atoms with van der Waals surface area (Å²) in [7, 11) is 5.48. The molecule has 0 bridgehead atoms. The maximum atomic E-state index is 12.6. The van der Waals surface area contributed by atoms with Crippen LogP contribution in [0, 0.1) is 0 Å². The fourth-order valence-electron chi connectivity index (χ4n) is 5.41. The molecule has 8 nitrogen and oxygen atoms in total. The Bertz CT molecular complexity index is 1290. The first-order chi connectivity index (χ1) is 27.6. The average molecular weight is 793 g/mol. The third-order valence-corrected chi connectivity index (χ3v) is 8.67. The van der Waals surface area contributed by atoms with Crippen molar-refractivity contribution in [1.82, 2.24) is 0 Å². The number of carboxylic acid groups (broad SMARTS) is 1. The lowest BCUT2D eigenvalue weighted by Gasteiger charge is -2.31. The van der Waals surface area contributed by atoms with Gasteiger partial charge in [0.2, 0.25) is 0 Å². The van der Waals surface area contributed by atoms with Gasteiger partial charge in [0.25, 0.3) is 0 Å². The molecule has 0 aliphatic heterocycles. The van der Waals surface area contributed by atoms with Crippen molar-refractivity contribution in [2.45, 2.75) is 142 Å². The summed E-state index contributed by atoms with van der Waals surface area (Å²) >= 11 is 0. The summed E-state index contributed by atoms with van der Waals surface area (Å²) in [5, 5.41) is 9.60. The molecule has 0 saturated heterocycles. The van der Waals surface area contributed by atoms with E-state index in [4.69, 9.17) is 14.2 Å². The number of aliphatic carboxylic acids is 1. The zero-order chi connectivity index (χ0) is 42.1. The van der Waals surface area contributed by atoms with Crippen molar-refractivity contribution in [2.24, 2.45) is 0 Å². The fourth-order valence-corrected chi connectivity index (χ4v) is 5.41. The minimum atomic E-state index is -0.894. The van der Waals surface area contributed by atoms with Gasteiger partial charge in [-0.25, -0.2) is 4.79 Å². The van der Waals surface area contributed by atoms with Gasteiger partial charge in [-0.2, -0.15) is 0 Å². The van der Waals surface area contributed by atoms with Gasteiger partial charge >= 0.3 is 17.9 Å². The van der Waals surface area contributed by atoms with Gasteiger partial charge in [-0.3, -0.25) is 9.59 Å². The van der Waals surface area contributed by atoms with Crippen molar-refractivity contribution in [3.63, 3.8) is 0 Å². The Kier molecular flexibility index (Phi) is 36.1. The van der Waals surface area contributed by atoms with E-state index in [1.54, 1.807) is 0 Å². The molecule has 0 amide bonds. The highest BCUT2D eigenvalue weighted by Crippen LogP contribution is 2.11. The number of carbonyl (C=O) groups is 3. The third-order valence-electron chi connectivity index (χ3n) is 8.67. The highest BCUT2D eigenvalue weighted by Gasteiger charge is 2.31. The number of rotatable bonds is 36. The highest BCUT2D eigenvalue weighted by molar-refractivity contribution is 5.72. The summed E-state index contributed by atoms with van der Waals surface area (Å²) < 4.78 is 17.1. The first kappa shape index (κ1) is 53.0. The van der Waals surface area contributed by atoms with E-state index < -0.39 is 18.1 Å². The molecule has 8 heteroatoms. The quantitative estimate of drug-likeness (QED) is 0.0292. The van der Waals surface area contributed by atoms with Gasteiger partial charge in [0.05, 0.1) is 34.4 Å². The van der Waals surface area contributed by atoms with Crippen LogP contribution in [0.1, 0.15) is 129 Å². The molecule has 0 saturated carbocycles. The Morgan fingerprint density at radius 1 is 0.526 bits per heavy atom. The van der Waals surface area contributed by atoms with Crippen LogP contribution in [0.4, 0.5) is 0 Å². The Labute approximate surface area is 347 Å². The SMILES string of the molecule is CC/C=C/C/C=C/C/C=C/C/C=C/C/C=C/C/C=C/CCCCCC(=O)OCC(COCCC(C(=O)O)[N+](C)(C)C)OC(=O)CCC/C=C/C/C=C/C/C=C/CC. The van der Waals surface area contributed by atoms with Crippen LogP contribution in [0.5, 0.6) is 0 Å². The van der Waals surface area contributed by atoms with Crippen LogP contribution in [0.2, 0.25) is 0 Å². The van der Waals surface area contributed by atoms with E-state index in [1.165, 1.54) is 0 Å². The lowest BCUT2D eigenvalue weighted by Crippen LogP contribution is -2.50. The normalized spacial score (nSPS) is 14.1. The number of likely N-dealkylation sites (N-methyl/N-ethyl adjacent to an activating group) is 1. The van der Waals surface area contributed by atoms with Crippen molar-refractivity contribution < 1.29 is 38.2 Å². The van der Waals surface area contributed by atoms with E-state index >= 15 is 0 Å². The lowest BCUT2D eigenvalue weighted by atomic mass is 10.1. The molecule has 0 aliphatic carbocycles. The molecule has 0 aromatic carbocycles. The van der Waals surface area contributed by atoms with Crippen LogP contribution in [0.15, 0.2) is 109 Å². The molecular weight excluding hydrogens is 715 g/mol. The Morgan fingerprint density at radius 2 is 0.947 bits per heavy atom. The number of nitrogens with zero attached hydrogens (tertiary/aromatic N) is 1. The van der Waals surface area contributed by atoms with Gasteiger partial charge in [-0.05, 0) is 89.9 Å². The molecule has 0 aromatic rings. The maximum Gasteiger partial charge on any atom is 0.362 e. The largest absolute Gasteiger partial charge is 0.477 e. The second kappa shape index (κ2) is 38.8. The smallest absolute Gasteiger partial charge is 0.362 e. The topological polar surface area (TPSA) is 99.1 Å². The number of ether oxygens (including phenoxy) is 3. The van der Waals surface area contributed by atoms with Crippen molar-refractivity contribution >= 4 is 17.9 Å². The van der Waals surface area contributed by atoms with Crippen LogP contribution in [-0.2, 0) is 28.6 Å².